The Morgan fingerprint density at radius 1 is 1.06 bits per heavy atom. The lowest BCUT2D eigenvalue weighted by molar-refractivity contribution is -0.123. The molecule has 9 heteroatoms. The Hall–Kier alpha value is -3.39. The first kappa shape index (κ1) is 23.3. The van der Waals surface area contributed by atoms with Crippen molar-refractivity contribution in [3.05, 3.63) is 65.0 Å². The molecule has 168 valence electrons. The molecular formula is C23H25ClN4O4. The largest absolute Gasteiger partial charge is 0.484 e. The zero-order chi connectivity index (χ0) is 23.1. The quantitative estimate of drug-likeness (QED) is 0.501. The van der Waals surface area contributed by atoms with Gasteiger partial charge in [0.15, 0.2) is 6.61 Å². The van der Waals surface area contributed by atoms with Crippen molar-refractivity contribution in [1.29, 1.82) is 0 Å². The maximum Gasteiger partial charge on any atom is 0.316 e. The summed E-state index contributed by atoms with van der Waals surface area (Å²) in [5.74, 6) is -0.142. The molecule has 1 aromatic heterocycles. The van der Waals surface area contributed by atoms with Crippen LogP contribution in [0.1, 0.15) is 37.0 Å². The maximum atomic E-state index is 12.2. The van der Waals surface area contributed by atoms with Crippen LogP contribution >= 0.6 is 11.6 Å². The number of carbonyl (C=O) groups is 2. The Kier molecular flexibility index (Phi) is 7.48. The summed E-state index contributed by atoms with van der Waals surface area (Å²) in [5, 5.41) is 9.66. The summed E-state index contributed by atoms with van der Waals surface area (Å²) >= 11 is 5.86. The average molecular weight is 457 g/mol. The van der Waals surface area contributed by atoms with E-state index in [2.05, 4.69) is 41.5 Å². The highest BCUT2D eigenvalue weighted by Crippen LogP contribution is 2.25. The van der Waals surface area contributed by atoms with Crippen LogP contribution in [0, 0.1) is 0 Å². The van der Waals surface area contributed by atoms with Crippen molar-refractivity contribution < 1.29 is 18.8 Å². The molecule has 0 saturated heterocycles. The summed E-state index contributed by atoms with van der Waals surface area (Å²) in [6.07, 6.45) is 0. The normalized spacial score (nSPS) is 11.1. The van der Waals surface area contributed by atoms with E-state index >= 15 is 0 Å². The zero-order valence-corrected chi connectivity index (χ0v) is 18.9. The first-order valence-electron chi connectivity index (χ1n) is 10.1. The second-order valence-corrected chi connectivity index (χ2v) is 8.54. The summed E-state index contributed by atoms with van der Waals surface area (Å²) in [6.45, 7) is 6.66. The van der Waals surface area contributed by atoms with Gasteiger partial charge in [0.2, 0.25) is 5.82 Å². The highest BCUT2D eigenvalue weighted by molar-refractivity contribution is 6.30. The van der Waals surface area contributed by atoms with E-state index in [0.717, 1.165) is 5.56 Å². The molecule has 0 unspecified atom stereocenters. The molecule has 0 spiro atoms. The lowest BCUT2D eigenvalue weighted by Crippen LogP contribution is -2.36. The molecule has 0 saturated carbocycles. The van der Waals surface area contributed by atoms with Crippen molar-refractivity contribution in [2.24, 2.45) is 0 Å². The molecule has 0 aliphatic heterocycles. The monoisotopic (exact) mass is 456 g/mol. The number of benzene rings is 2. The van der Waals surface area contributed by atoms with Gasteiger partial charge in [0.25, 0.3) is 5.91 Å². The highest BCUT2D eigenvalue weighted by atomic mass is 35.5. The summed E-state index contributed by atoms with van der Waals surface area (Å²) in [5.41, 5.74) is 1.98. The van der Waals surface area contributed by atoms with Crippen LogP contribution in [-0.4, -0.2) is 41.7 Å². The van der Waals surface area contributed by atoms with E-state index in [1.807, 2.05) is 24.3 Å². The Morgan fingerprint density at radius 3 is 2.47 bits per heavy atom. The van der Waals surface area contributed by atoms with E-state index in [9.17, 15) is 9.59 Å². The van der Waals surface area contributed by atoms with Gasteiger partial charge in [-0.05, 0) is 29.2 Å². The van der Waals surface area contributed by atoms with E-state index in [1.54, 1.807) is 24.3 Å². The van der Waals surface area contributed by atoms with Gasteiger partial charge in [-0.25, -0.2) is 0 Å². The van der Waals surface area contributed by atoms with Crippen molar-refractivity contribution in [2.45, 2.75) is 26.2 Å². The summed E-state index contributed by atoms with van der Waals surface area (Å²) < 4.78 is 10.4. The molecule has 3 rings (SSSR count). The van der Waals surface area contributed by atoms with E-state index in [4.69, 9.17) is 20.9 Å². The molecule has 2 N–H and O–H groups in total. The van der Waals surface area contributed by atoms with Gasteiger partial charge in [0.05, 0.1) is 0 Å². The minimum Gasteiger partial charge on any atom is -0.484 e. The van der Waals surface area contributed by atoms with E-state index in [0.29, 0.717) is 16.6 Å². The standard InChI is InChI=1S/C23H25ClN4O4/c1-23(2,3)16-9-7-15(8-10-16)20-27-22(32-28-20)21(30)26-12-11-25-19(29)14-31-18-6-4-5-17(24)13-18/h4-10,13H,11-12,14H2,1-3H3,(H,25,29)(H,26,30). The molecule has 0 atom stereocenters. The second kappa shape index (κ2) is 10.3. The third-order valence-corrected chi connectivity index (χ3v) is 4.76. The summed E-state index contributed by atoms with van der Waals surface area (Å²) in [7, 11) is 0. The molecule has 8 nitrogen and oxygen atoms in total. The SMILES string of the molecule is CC(C)(C)c1ccc(-c2noc(C(=O)NCCNC(=O)COc3cccc(Cl)c3)n2)cc1. The average Bonchev–Trinajstić information content (AvgIpc) is 3.25. The van der Waals surface area contributed by atoms with Gasteiger partial charge < -0.3 is 19.9 Å². The molecular weight excluding hydrogens is 432 g/mol. The van der Waals surface area contributed by atoms with Gasteiger partial charge in [0.1, 0.15) is 5.75 Å². The Balaban J connectivity index is 1.42. The number of nitrogens with one attached hydrogen (secondary N) is 2. The number of hydrogen-bond donors (Lipinski definition) is 2. The predicted molar refractivity (Wildman–Crippen MR) is 121 cm³/mol. The number of rotatable bonds is 8. The van der Waals surface area contributed by atoms with Gasteiger partial charge in [-0.3, -0.25) is 9.59 Å². The van der Waals surface area contributed by atoms with Crippen LogP contribution in [0.5, 0.6) is 5.75 Å². The fourth-order valence-corrected chi connectivity index (χ4v) is 2.94. The number of aromatic nitrogens is 2. The van der Waals surface area contributed by atoms with Crippen LogP contribution in [0.25, 0.3) is 11.4 Å². The van der Waals surface area contributed by atoms with Crippen LogP contribution in [0.3, 0.4) is 0 Å². The summed E-state index contributed by atoms with van der Waals surface area (Å²) in [6, 6.07) is 14.6. The number of ether oxygens (including phenoxy) is 1. The fraction of sp³-hybridized carbons (Fsp3) is 0.304. The van der Waals surface area contributed by atoms with Crippen molar-refractivity contribution in [1.82, 2.24) is 20.8 Å². The third kappa shape index (κ3) is 6.55. The minimum absolute atomic E-state index is 0.0393. The molecule has 32 heavy (non-hydrogen) atoms. The smallest absolute Gasteiger partial charge is 0.316 e. The third-order valence-electron chi connectivity index (χ3n) is 4.53. The van der Waals surface area contributed by atoms with Crippen LogP contribution in [0.2, 0.25) is 5.02 Å². The van der Waals surface area contributed by atoms with Crippen molar-refractivity contribution in [3.63, 3.8) is 0 Å². The van der Waals surface area contributed by atoms with E-state index in [1.165, 1.54) is 5.56 Å². The maximum absolute atomic E-state index is 12.2. The number of nitrogens with zero attached hydrogens (tertiary/aromatic N) is 2. The number of carbonyl (C=O) groups excluding carboxylic acids is 2. The number of amides is 2. The van der Waals surface area contributed by atoms with Gasteiger partial charge in [0, 0.05) is 23.7 Å². The topological polar surface area (TPSA) is 106 Å². The predicted octanol–water partition coefficient (Wildman–Crippen LogP) is 3.61. The molecule has 0 aliphatic carbocycles. The lowest BCUT2D eigenvalue weighted by Gasteiger charge is -2.18. The Bertz CT molecular complexity index is 1070. The fourth-order valence-electron chi connectivity index (χ4n) is 2.76. The molecule has 0 radical (unpaired) electrons. The molecule has 0 aliphatic rings. The number of hydrogen-bond acceptors (Lipinski definition) is 6. The Labute approximate surface area is 191 Å². The van der Waals surface area contributed by atoms with Gasteiger partial charge >= 0.3 is 11.8 Å². The molecule has 0 fully saturated rings. The van der Waals surface area contributed by atoms with Crippen LogP contribution in [0.4, 0.5) is 0 Å². The molecule has 3 aromatic rings. The first-order valence-corrected chi connectivity index (χ1v) is 10.5. The van der Waals surface area contributed by atoms with E-state index in [-0.39, 0.29) is 36.9 Å². The van der Waals surface area contributed by atoms with Gasteiger partial charge in [-0.1, -0.05) is 67.9 Å². The second-order valence-electron chi connectivity index (χ2n) is 8.10. The number of halogens is 1. The zero-order valence-electron chi connectivity index (χ0n) is 18.1. The van der Waals surface area contributed by atoms with Crippen molar-refractivity contribution in [3.8, 4) is 17.1 Å². The first-order chi connectivity index (χ1) is 15.2. The van der Waals surface area contributed by atoms with Crippen LogP contribution < -0.4 is 15.4 Å². The molecule has 2 aromatic carbocycles. The molecule has 0 bridgehead atoms. The highest BCUT2D eigenvalue weighted by Gasteiger charge is 2.17. The van der Waals surface area contributed by atoms with Gasteiger partial charge in [-0.15, -0.1) is 0 Å². The van der Waals surface area contributed by atoms with Crippen molar-refractivity contribution in [2.75, 3.05) is 19.7 Å². The van der Waals surface area contributed by atoms with Crippen LogP contribution in [0.15, 0.2) is 53.1 Å². The minimum atomic E-state index is -0.514. The van der Waals surface area contributed by atoms with Crippen LogP contribution in [-0.2, 0) is 10.2 Å². The molecule has 2 amide bonds. The van der Waals surface area contributed by atoms with Crippen molar-refractivity contribution >= 4 is 23.4 Å². The van der Waals surface area contributed by atoms with E-state index < -0.39 is 5.91 Å². The summed E-state index contributed by atoms with van der Waals surface area (Å²) in [4.78, 5) is 28.2. The van der Waals surface area contributed by atoms with Gasteiger partial charge in [-0.2, -0.15) is 4.98 Å². The lowest BCUT2D eigenvalue weighted by atomic mass is 9.87. The molecule has 1 heterocycles. The Morgan fingerprint density at radius 2 is 1.78 bits per heavy atom.